The normalized spacial score (nSPS) is 44.0. The van der Waals surface area contributed by atoms with Crippen LogP contribution in [0, 0.1) is 23.2 Å². The van der Waals surface area contributed by atoms with Crippen LogP contribution in [0.2, 0.25) is 0 Å². The molecule has 4 heteroatoms. The molecule has 0 heterocycles. The first kappa shape index (κ1) is 19.5. The summed E-state index contributed by atoms with van der Waals surface area (Å²) in [5.41, 5.74) is -1.01. The van der Waals surface area contributed by atoms with E-state index in [0.717, 1.165) is 18.4 Å². The van der Waals surface area contributed by atoms with E-state index in [-0.39, 0.29) is 17.3 Å². The van der Waals surface area contributed by atoms with Gasteiger partial charge in [-0.1, -0.05) is 26.3 Å². The molecule has 2 fully saturated rings. The summed E-state index contributed by atoms with van der Waals surface area (Å²) in [5.74, 6) is -0.532. The van der Waals surface area contributed by atoms with Gasteiger partial charge in [-0.3, -0.25) is 0 Å². The number of carboxylic acid groups (broad SMARTS) is 1. The Morgan fingerprint density at radius 2 is 1.67 bits per heavy atom. The van der Waals surface area contributed by atoms with Crippen molar-refractivity contribution in [3.8, 4) is 0 Å². The van der Waals surface area contributed by atoms with E-state index in [0.29, 0.717) is 30.8 Å². The van der Waals surface area contributed by atoms with Crippen molar-refractivity contribution in [3.05, 3.63) is 11.1 Å². The van der Waals surface area contributed by atoms with Gasteiger partial charge in [-0.05, 0) is 70.1 Å². The molecular formula is C20H34O4. The third-order valence-electron chi connectivity index (χ3n) is 7.32. The highest BCUT2D eigenvalue weighted by atomic mass is 16.4. The zero-order valence-electron chi connectivity index (χ0n) is 16.0. The standard InChI is InChI=1S/C20H34O4/c1-12(2)15-7-8-18(5)11-16(13(3)14(4)17(21)22)19(6,23)9-10-20(15,18)24/h12,15-16,23-24H,7-11H2,1-6H3,(H,21,22). The number of hydrogen-bond donors (Lipinski definition) is 3. The second-order valence-electron chi connectivity index (χ2n) is 9.10. The smallest absolute Gasteiger partial charge is 0.331 e. The van der Waals surface area contributed by atoms with Crippen LogP contribution >= 0.6 is 0 Å². The molecule has 0 bridgehead atoms. The Labute approximate surface area is 146 Å². The van der Waals surface area contributed by atoms with E-state index in [1.807, 2.05) is 6.92 Å². The zero-order valence-corrected chi connectivity index (χ0v) is 16.0. The molecule has 0 radical (unpaired) electrons. The van der Waals surface area contributed by atoms with Crippen molar-refractivity contribution in [2.45, 2.75) is 84.8 Å². The third kappa shape index (κ3) is 2.92. The lowest BCUT2D eigenvalue weighted by molar-refractivity contribution is -0.132. The van der Waals surface area contributed by atoms with Gasteiger partial charge in [0.25, 0.3) is 0 Å². The Morgan fingerprint density at radius 1 is 1.08 bits per heavy atom. The average Bonchev–Trinajstić information content (AvgIpc) is 2.70. The lowest BCUT2D eigenvalue weighted by Crippen LogP contribution is -2.47. The van der Waals surface area contributed by atoms with Crippen molar-refractivity contribution in [2.75, 3.05) is 0 Å². The molecule has 4 nitrogen and oxygen atoms in total. The molecule has 0 aromatic carbocycles. The number of carboxylic acids is 1. The fourth-order valence-electron chi connectivity index (χ4n) is 5.37. The van der Waals surface area contributed by atoms with Gasteiger partial charge in [0.2, 0.25) is 0 Å². The van der Waals surface area contributed by atoms with Gasteiger partial charge < -0.3 is 15.3 Å². The predicted molar refractivity (Wildman–Crippen MR) is 94.6 cm³/mol. The maximum Gasteiger partial charge on any atom is 0.331 e. The minimum Gasteiger partial charge on any atom is -0.478 e. The lowest BCUT2D eigenvalue weighted by atomic mass is 9.65. The van der Waals surface area contributed by atoms with Gasteiger partial charge in [-0.25, -0.2) is 4.79 Å². The highest BCUT2D eigenvalue weighted by Crippen LogP contribution is 2.61. The van der Waals surface area contributed by atoms with Crippen LogP contribution < -0.4 is 0 Å². The molecule has 2 saturated carbocycles. The minimum absolute atomic E-state index is 0.237. The number of rotatable bonds is 3. The van der Waals surface area contributed by atoms with Gasteiger partial charge in [0.1, 0.15) is 0 Å². The second kappa shape index (κ2) is 6.14. The third-order valence-corrected chi connectivity index (χ3v) is 7.32. The Bertz CT molecular complexity index is 548. The molecule has 0 aliphatic heterocycles. The lowest BCUT2D eigenvalue weighted by Gasteiger charge is -2.44. The fourth-order valence-corrected chi connectivity index (χ4v) is 5.37. The molecule has 0 aromatic rings. The van der Waals surface area contributed by atoms with Crippen LogP contribution in [-0.4, -0.2) is 32.5 Å². The van der Waals surface area contributed by atoms with Crippen molar-refractivity contribution in [1.82, 2.24) is 0 Å². The van der Waals surface area contributed by atoms with E-state index in [9.17, 15) is 20.1 Å². The first-order valence-electron chi connectivity index (χ1n) is 9.21. The molecule has 24 heavy (non-hydrogen) atoms. The molecule has 5 unspecified atom stereocenters. The van der Waals surface area contributed by atoms with Gasteiger partial charge in [-0.15, -0.1) is 0 Å². The van der Waals surface area contributed by atoms with Crippen molar-refractivity contribution < 1.29 is 20.1 Å². The number of carbonyl (C=O) groups is 1. The first-order valence-corrected chi connectivity index (χ1v) is 9.21. The number of aliphatic hydroxyl groups is 2. The van der Waals surface area contributed by atoms with Crippen LogP contribution in [-0.2, 0) is 4.79 Å². The van der Waals surface area contributed by atoms with E-state index < -0.39 is 17.2 Å². The van der Waals surface area contributed by atoms with E-state index >= 15 is 0 Å². The molecule has 0 spiro atoms. The summed E-state index contributed by atoms with van der Waals surface area (Å²) in [7, 11) is 0. The summed E-state index contributed by atoms with van der Waals surface area (Å²) in [6.45, 7) is 11.7. The molecular weight excluding hydrogens is 304 g/mol. The summed E-state index contributed by atoms with van der Waals surface area (Å²) in [4.78, 5) is 11.4. The predicted octanol–water partition coefficient (Wildman–Crippen LogP) is 3.76. The second-order valence-corrected chi connectivity index (χ2v) is 9.10. The van der Waals surface area contributed by atoms with Crippen LogP contribution in [0.3, 0.4) is 0 Å². The first-order chi connectivity index (χ1) is 10.9. The van der Waals surface area contributed by atoms with Crippen molar-refractivity contribution in [3.63, 3.8) is 0 Å². The maximum absolute atomic E-state index is 11.6. The van der Waals surface area contributed by atoms with E-state index in [4.69, 9.17) is 0 Å². The molecule has 2 rings (SSSR count). The average molecular weight is 338 g/mol. The van der Waals surface area contributed by atoms with Gasteiger partial charge in [0.15, 0.2) is 0 Å². The summed E-state index contributed by atoms with van der Waals surface area (Å²) < 4.78 is 0. The highest BCUT2D eigenvalue weighted by Gasteiger charge is 2.60. The van der Waals surface area contributed by atoms with Crippen molar-refractivity contribution in [2.24, 2.45) is 23.2 Å². The summed E-state index contributed by atoms with van der Waals surface area (Å²) >= 11 is 0. The van der Waals surface area contributed by atoms with Gasteiger partial charge in [0, 0.05) is 11.5 Å². The van der Waals surface area contributed by atoms with Crippen LogP contribution in [0.5, 0.6) is 0 Å². The quantitative estimate of drug-likeness (QED) is 0.685. The minimum atomic E-state index is -0.995. The topological polar surface area (TPSA) is 77.8 Å². The Kier molecular flexibility index (Phi) is 4.97. The maximum atomic E-state index is 11.6. The van der Waals surface area contributed by atoms with Crippen LogP contribution in [0.25, 0.3) is 0 Å². The molecule has 2 aliphatic carbocycles. The number of fused-ring (bicyclic) bond motifs is 1. The van der Waals surface area contributed by atoms with E-state index in [1.165, 1.54) is 0 Å². The fraction of sp³-hybridized carbons (Fsp3) is 0.850. The SMILES string of the molecule is CC(C(=O)O)=C(C)C1CC2(C)CCC(C(C)C)C2(O)CCC1(C)O. The molecule has 5 atom stereocenters. The monoisotopic (exact) mass is 338 g/mol. The molecule has 0 amide bonds. The Morgan fingerprint density at radius 3 is 2.17 bits per heavy atom. The number of hydrogen-bond acceptors (Lipinski definition) is 3. The summed E-state index contributed by atoms with van der Waals surface area (Å²) in [5, 5.41) is 32.1. The molecule has 3 N–H and O–H groups in total. The highest BCUT2D eigenvalue weighted by molar-refractivity contribution is 5.86. The van der Waals surface area contributed by atoms with Crippen LogP contribution in [0.4, 0.5) is 0 Å². The molecule has 0 aromatic heterocycles. The molecule has 0 saturated heterocycles. The molecule has 138 valence electrons. The Hall–Kier alpha value is -0.870. The summed E-state index contributed by atoms with van der Waals surface area (Å²) in [6.07, 6.45) is 3.64. The summed E-state index contributed by atoms with van der Waals surface area (Å²) in [6, 6.07) is 0. The Balaban J connectivity index is 2.48. The van der Waals surface area contributed by atoms with E-state index in [2.05, 4.69) is 20.8 Å². The van der Waals surface area contributed by atoms with Gasteiger partial charge in [0.05, 0.1) is 11.2 Å². The van der Waals surface area contributed by atoms with Gasteiger partial charge >= 0.3 is 5.97 Å². The van der Waals surface area contributed by atoms with Crippen molar-refractivity contribution in [1.29, 1.82) is 0 Å². The van der Waals surface area contributed by atoms with Crippen LogP contribution in [0.15, 0.2) is 11.1 Å². The van der Waals surface area contributed by atoms with E-state index in [1.54, 1.807) is 13.8 Å². The van der Waals surface area contributed by atoms with Crippen LogP contribution in [0.1, 0.15) is 73.6 Å². The largest absolute Gasteiger partial charge is 0.478 e. The van der Waals surface area contributed by atoms with Gasteiger partial charge in [-0.2, -0.15) is 0 Å². The number of aliphatic carboxylic acids is 1. The molecule has 2 aliphatic rings. The van der Waals surface area contributed by atoms with Crippen molar-refractivity contribution >= 4 is 5.97 Å². The zero-order chi connectivity index (χ0) is 18.5.